The summed E-state index contributed by atoms with van der Waals surface area (Å²) in [5.41, 5.74) is 1.53. The highest BCUT2D eigenvalue weighted by atomic mass is 35.5. The van der Waals surface area contributed by atoms with Crippen molar-refractivity contribution in [2.75, 3.05) is 0 Å². The van der Waals surface area contributed by atoms with Gasteiger partial charge in [-0.2, -0.15) is 0 Å². The van der Waals surface area contributed by atoms with Gasteiger partial charge in [-0.05, 0) is 35.4 Å². The Balaban J connectivity index is 1.99. The summed E-state index contributed by atoms with van der Waals surface area (Å²) in [6.07, 6.45) is 0. The predicted octanol–water partition coefficient (Wildman–Crippen LogP) is 3.55. The molecule has 1 N–H and O–H groups in total. The Kier molecular flexibility index (Phi) is 4.18. The molecule has 0 radical (unpaired) electrons. The van der Waals surface area contributed by atoms with E-state index in [4.69, 9.17) is 21.4 Å². The number of hydrogen-bond donors (Lipinski definition) is 1. The highest BCUT2D eigenvalue weighted by Gasteiger charge is 2.02. The number of ether oxygens (including phenoxy) is 1. The fraction of sp³-hybridized carbons (Fsp3) is 0.143. The van der Waals surface area contributed by atoms with Gasteiger partial charge in [-0.3, -0.25) is 0 Å². The van der Waals surface area contributed by atoms with Gasteiger partial charge >= 0.3 is 0 Å². The molecule has 0 bridgehead atoms. The van der Waals surface area contributed by atoms with E-state index in [-0.39, 0.29) is 18.2 Å². The molecule has 94 valence electrons. The van der Waals surface area contributed by atoms with Gasteiger partial charge in [0.25, 0.3) is 0 Å². The first-order chi connectivity index (χ1) is 8.69. The largest absolute Gasteiger partial charge is 0.489 e. The smallest absolute Gasteiger partial charge is 0.142 e. The Morgan fingerprint density at radius 3 is 2.33 bits per heavy atom. The van der Waals surface area contributed by atoms with E-state index in [1.165, 1.54) is 12.1 Å². The van der Waals surface area contributed by atoms with E-state index in [0.717, 1.165) is 5.56 Å². The SMILES string of the molecule is OCc1ccc(OCc2ccc(Cl)c(F)c2)cc1. The third-order valence-corrected chi connectivity index (χ3v) is 2.80. The van der Waals surface area contributed by atoms with Gasteiger partial charge in [0.2, 0.25) is 0 Å². The maximum Gasteiger partial charge on any atom is 0.142 e. The first-order valence-corrected chi connectivity index (χ1v) is 5.83. The summed E-state index contributed by atoms with van der Waals surface area (Å²) < 4.78 is 18.7. The monoisotopic (exact) mass is 266 g/mol. The van der Waals surface area contributed by atoms with E-state index in [2.05, 4.69) is 0 Å². The highest BCUT2D eigenvalue weighted by Crippen LogP contribution is 2.18. The van der Waals surface area contributed by atoms with Crippen LogP contribution in [0.25, 0.3) is 0 Å². The van der Waals surface area contributed by atoms with Crippen molar-refractivity contribution >= 4 is 11.6 Å². The van der Waals surface area contributed by atoms with E-state index in [1.807, 2.05) is 0 Å². The zero-order valence-corrected chi connectivity index (χ0v) is 10.3. The molecule has 0 saturated carbocycles. The van der Waals surface area contributed by atoms with Crippen molar-refractivity contribution in [3.63, 3.8) is 0 Å². The summed E-state index contributed by atoms with van der Waals surface area (Å²) in [6.45, 7) is 0.273. The second-order valence-electron chi connectivity index (χ2n) is 3.84. The lowest BCUT2D eigenvalue weighted by atomic mass is 10.2. The van der Waals surface area contributed by atoms with Crippen molar-refractivity contribution in [3.8, 4) is 5.75 Å². The topological polar surface area (TPSA) is 29.5 Å². The molecule has 0 aliphatic rings. The minimum atomic E-state index is -0.451. The van der Waals surface area contributed by atoms with Crippen molar-refractivity contribution in [1.82, 2.24) is 0 Å². The molecule has 0 heterocycles. The van der Waals surface area contributed by atoms with Crippen LogP contribution in [-0.2, 0) is 13.2 Å². The zero-order valence-electron chi connectivity index (χ0n) is 9.57. The summed E-state index contributed by atoms with van der Waals surface area (Å²) >= 11 is 5.59. The molecule has 4 heteroatoms. The van der Waals surface area contributed by atoms with Gasteiger partial charge in [0, 0.05) is 0 Å². The lowest BCUT2D eigenvalue weighted by molar-refractivity contribution is 0.280. The molecule has 2 aromatic carbocycles. The zero-order chi connectivity index (χ0) is 13.0. The van der Waals surface area contributed by atoms with Crippen molar-refractivity contribution in [2.24, 2.45) is 0 Å². The Bertz CT molecular complexity index is 526. The molecular formula is C14H12ClFO2. The molecule has 18 heavy (non-hydrogen) atoms. The number of benzene rings is 2. The molecule has 2 aromatic rings. The lowest BCUT2D eigenvalue weighted by Crippen LogP contribution is -1.96. The van der Waals surface area contributed by atoms with Crippen LogP contribution in [0.2, 0.25) is 5.02 Å². The van der Waals surface area contributed by atoms with Gasteiger partial charge in [-0.15, -0.1) is 0 Å². The van der Waals surface area contributed by atoms with Crippen molar-refractivity contribution < 1.29 is 14.2 Å². The van der Waals surface area contributed by atoms with Crippen molar-refractivity contribution in [2.45, 2.75) is 13.2 Å². The van der Waals surface area contributed by atoms with Crippen LogP contribution in [0, 0.1) is 5.82 Å². The van der Waals surface area contributed by atoms with Crippen LogP contribution in [0.4, 0.5) is 4.39 Å². The van der Waals surface area contributed by atoms with Gasteiger partial charge in [-0.1, -0.05) is 29.8 Å². The van der Waals surface area contributed by atoms with Gasteiger partial charge in [-0.25, -0.2) is 4.39 Å². The van der Waals surface area contributed by atoms with Crippen LogP contribution < -0.4 is 4.74 Å². The summed E-state index contributed by atoms with van der Waals surface area (Å²) in [7, 11) is 0. The third-order valence-electron chi connectivity index (χ3n) is 2.50. The van der Waals surface area contributed by atoms with Crippen LogP contribution in [0.3, 0.4) is 0 Å². The quantitative estimate of drug-likeness (QED) is 0.917. The first-order valence-electron chi connectivity index (χ1n) is 5.45. The maximum absolute atomic E-state index is 13.2. The predicted molar refractivity (Wildman–Crippen MR) is 68.1 cm³/mol. The minimum Gasteiger partial charge on any atom is -0.489 e. The first kappa shape index (κ1) is 12.9. The maximum atomic E-state index is 13.2. The number of halogens is 2. The van der Waals surface area contributed by atoms with Gasteiger partial charge in [0.05, 0.1) is 11.6 Å². The molecular weight excluding hydrogens is 255 g/mol. The molecule has 2 rings (SSSR count). The normalized spacial score (nSPS) is 10.4. The molecule has 0 aromatic heterocycles. The van der Waals surface area contributed by atoms with Crippen LogP contribution in [0.1, 0.15) is 11.1 Å². The summed E-state index contributed by atoms with van der Waals surface area (Å²) in [6, 6.07) is 11.6. The summed E-state index contributed by atoms with van der Waals surface area (Å²) in [5, 5.41) is 9.00. The molecule has 0 aliphatic carbocycles. The summed E-state index contributed by atoms with van der Waals surface area (Å²) in [4.78, 5) is 0. The number of hydrogen-bond acceptors (Lipinski definition) is 2. The van der Waals surface area contributed by atoms with E-state index in [0.29, 0.717) is 11.3 Å². The average molecular weight is 267 g/mol. The average Bonchev–Trinajstić information content (AvgIpc) is 2.41. The Morgan fingerprint density at radius 2 is 1.72 bits per heavy atom. The number of aliphatic hydroxyl groups excluding tert-OH is 1. The molecule has 2 nitrogen and oxygen atoms in total. The minimum absolute atomic E-state index is 0.00265. The van der Waals surface area contributed by atoms with Crippen LogP contribution >= 0.6 is 11.6 Å². The Morgan fingerprint density at radius 1 is 1.06 bits per heavy atom. The van der Waals surface area contributed by atoms with E-state index in [1.54, 1.807) is 30.3 Å². The van der Waals surface area contributed by atoms with Gasteiger partial charge in [0.1, 0.15) is 18.2 Å². The Hall–Kier alpha value is -1.58. The van der Waals surface area contributed by atoms with E-state index < -0.39 is 5.82 Å². The van der Waals surface area contributed by atoms with Crippen molar-refractivity contribution in [1.29, 1.82) is 0 Å². The molecule has 0 unspecified atom stereocenters. The highest BCUT2D eigenvalue weighted by molar-refractivity contribution is 6.30. The van der Waals surface area contributed by atoms with Gasteiger partial charge in [0.15, 0.2) is 0 Å². The molecule has 0 atom stereocenters. The molecule has 0 aliphatic heterocycles. The molecule has 0 saturated heterocycles. The fourth-order valence-corrected chi connectivity index (χ4v) is 1.60. The summed E-state index contributed by atoms with van der Waals surface area (Å²) in [5.74, 6) is 0.218. The number of rotatable bonds is 4. The fourth-order valence-electron chi connectivity index (χ4n) is 1.49. The van der Waals surface area contributed by atoms with Crippen LogP contribution in [0.15, 0.2) is 42.5 Å². The second-order valence-corrected chi connectivity index (χ2v) is 4.25. The van der Waals surface area contributed by atoms with Gasteiger partial charge < -0.3 is 9.84 Å². The third kappa shape index (κ3) is 3.22. The Labute approximate surface area is 110 Å². The molecule has 0 amide bonds. The van der Waals surface area contributed by atoms with Crippen LogP contribution in [-0.4, -0.2) is 5.11 Å². The number of aliphatic hydroxyl groups is 1. The second kappa shape index (κ2) is 5.85. The van der Waals surface area contributed by atoms with E-state index in [9.17, 15) is 4.39 Å². The van der Waals surface area contributed by atoms with Crippen molar-refractivity contribution in [3.05, 3.63) is 64.4 Å². The van der Waals surface area contributed by atoms with Crippen LogP contribution in [0.5, 0.6) is 5.75 Å². The standard InChI is InChI=1S/C14H12ClFO2/c15-13-6-3-11(7-14(13)16)9-18-12-4-1-10(8-17)2-5-12/h1-7,17H,8-9H2. The molecule has 0 spiro atoms. The lowest BCUT2D eigenvalue weighted by Gasteiger charge is -2.07. The molecule has 0 fully saturated rings. The van der Waals surface area contributed by atoms with E-state index >= 15 is 0 Å².